The normalized spacial score (nSPS) is 26.6. The van der Waals surface area contributed by atoms with Crippen LogP contribution in [0, 0.1) is 11.3 Å². The van der Waals surface area contributed by atoms with Crippen LogP contribution in [-0.4, -0.2) is 31.6 Å². The molecule has 4 heteroatoms. The van der Waals surface area contributed by atoms with Crippen molar-refractivity contribution in [3.05, 3.63) is 0 Å². The largest absolute Gasteiger partial charge is 0.214 e. The van der Waals surface area contributed by atoms with Crippen molar-refractivity contribution < 1.29 is 8.42 Å². The standard InChI is InChI=1S/C10H21NO2S/c1-9(2)7-11-8-10(3,4)5-6-14(11,12)13/h9H,5-8H2,1-4H3. The lowest BCUT2D eigenvalue weighted by atomic mass is 9.90. The Hall–Kier alpha value is -0.0900. The summed E-state index contributed by atoms with van der Waals surface area (Å²) in [7, 11) is -2.96. The van der Waals surface area contributed by atoms with Gasteiger partial charge < -0.3 is 0 Å². The summed E-state index contributed by atoms with van der Waals surface area (Å²) in [4.78, 5) is 0. The predicted molar refractivity (Wildman–Crippen MR) is 58.6 cm³/mol. The van der Waals surface area contributed by atoms with Gasteiger partial charge in [-0.1, -0.05) is 27.7 Å². The fourth-order valence-electron chi connectivity index (χ4n) is 1.77. The molecule has 0 aliphatic carbocycles. The van der Waals surface area contributed by atoms with Crippen molar-refractivity contribution in [2.75, 3.05) is 18.8 Å². The third-order valence-corrected chi connectivity index (χ3v) is 4.39. The van der Waals surface area contributed by atoms with E-state index in [0.29, 0.717) is 24.8 Å². The maximum atomic E-state index is 11.7. The van der Waals surface area contributed by atoms with E-state index in [0.717, 1.165) is 6.42 Å². The summed E-state index contributed by atoms with van der Waals surface area (Å²) in [6.45, 7) is 9.71. The van der Waals surface area contributed by atoms with Crippen LogP contribution in [0.3, 0.4) is 0 Å². The first kappa shape index (κ1) is 12.0. The first-order chi connectivity index (χ1) is 6.23. The Kier molecular flexibility index (Phi) is 3.26. The molecule has 1 saturated heterocycles. The van der Waals surface area contributed by atoms with Gasteiger partial charge in [0.2, 0.25) is 10.0 Å². The molecule has 0 atom stereocenters. The molecule has 0 aromatic heterocycles. The van der Waals surface area contributed by atoms with Crippen LogP contribution in [0.2, 0.25) is 0 Å². The van der Waals surface area contributed by atoms with Gasteiger partial charge in [-0.25, -0.2) is 12.7 Å². The van der Waals surface area contributed by atoms with Crippen molar-refractivity contribution in [2.24, 2.45) is 11.3 Å². The van der Waals surface area contributed by atoms with Crippen LogP contribution >= 0.6 is 0 Å². The SMILES string of the molecule is CC(C)CN1CC(C)(C)CCS1(=O)=O. The smallest absolute Gasteiger partial charge is 0.212 e. The fourth-order valence-corrected chi connectivity index (χ4v) is 3.91. The topological polar surface area (TPSA) is 37.4 Å². The Bertz CT molecular complexity index is 293. The molecule has 14 heavy (non-hydrogen) atoms. The van der Waals surface area contributed by atoms with Gasteiger partial charge in [0.15, 0.2) is 0 Å². The second kappa shape index (κ2) is 3.81. The van der Waals surface area contributed by atoms with Crippen LogP contribution in [0.15, 0.2) is 0 Å². The second-order valence-electron chi connectivity index (χ2n) is 5.42. The molecule has 1 fully saturated rings. The second-order valence-corrected chi connectivity index (χ2v) is 7.51. The molecule has 0 aromatic carbocycles. The Morgan fingerprint density at radius 3 is 2.43 bits per heavy atom. The van der Waals surface area contributed by atoms with E-state index in [2.05, 4.69) is 27.7 Å². The number of rotatable bonds is 2. The maximum Gasteiger partial charge on any atom is 0.214 e. The van der Waals surface area contributed by atoms with Gasteiger partial charge in [-0.15, -0.1) is 0 Å². The number of hydrogen-bond donors (Lipinski definition) is 0. The first-order valence-electron chi connectivity index (χ1n) is 5.21. The van der Waals surface area contributed by atoms with Crippen LogP contribution in [0.25, 0.3) is 0 Å². The highest BCUT2D eigenvalue weighted by Crippen LogP contribution is 2.30. The molecular weight excluding hydrogens is 198 g/mol. The molecular formula is C10H21NO2S. The average Bonchev–Trinajstić information content (AvgIpc) is 1.97. The van der Waals surface area contributed by atoms with Crippen LogP contribution in [0.4, 0.5) is 0 Å². The Balaban J connectivity index is 2.77. The highest BCUT2D eigenvalue weighted by atomic mass is 32.2. The molecule has 1 rings (SSSR count). The van der Waals surface area contributed by atoms with Gasteiger partial charge in [0.1, 0.15) is 0 Å². The minimum Gasteiger partial charge on any atom is -0.212 e. The maximum absolute atomic E-state index is 11.7. The molecule has 0 amide bonds. The summed E-state index contributed by atoms with van der Waals surface area (Å²) < 4.78 is 25.1. The third kappa shape index (κ3) is 2.95. The molecule has 0 unspecified atom stereocenters. The number of sulfonamides is 1. The van der Waals surface area contributed by atoms with Gasteiger partial charge in [-0.3, -0.25) is 0 Å². The van der Waals surface area contributed by atoms with Gasteiger partial charge in [0.25, 0.3) is 0 Å². The molecule has 0 spiro atoms. The summed E-state index contributed by atoms with van der Waals surface area (Å²) in [5.74, 6) is 0.714. The van der Waals surface area contributed by atoms with Crippen molar-refractivity contribution in [1.82, 2.24) is 4.31 Å². The summed E-state index contributed by atoms with van der Waals surface area (Å²) in [5.41, 5.74) is 0.139. The molecule has 3 nitrogen and oxygen atoms in total. The van der Waals surface area contributed by atoms with Crippen molar-refractivity contribution in [1.29, 1.82) is 0 Å². The van der Waals surface area contributed by atoms with E-state index >= 15 is 0 Å². The summed E-state index contributed by atoms with van der Waals surface area (Å²) in [6, 6.07) is 0. The lowest BCUT2D eigenvalue weighted by Gasteiger charge is -2.38. The third-order valence-electron chi connectivity index (χ3n) is 2.60. The zero-order valence-corrected chi connectivity index (χ0v) is 10.4. The summed E-state index contributed by atoms with van der Waals surface area (Å²) >= 11 is 0. The monoisotopic (exact) mass is 219 g/mol. The summed E-state index contributed by atoms with van der Waals surface area (Å²) in [5, 5.41) is 0. The predicted octanol–water partition coefficient (Wildman–Crippen LogP) is 1.70. The van der Waals surface area contributed by atoms with Crippen LogP contribution in [-0.2, 0) is 10.0 Å². The minimum atomic E-state index is -2.96. The molecule has 1 aliphatic rings. The van der Waals surface area contributed by atoms with E-state index in [1.165, 1.54) is 0 Å². The average molecular weight is 219 g/mol. The van der Waals surface area contributed by atoms with Crippen LogP contribution < -0.4 is 0 Å². The van der Waals surface area contributed by atoms with Gasteiger partial charge in [0, 0.05) is 13.1 Å². The molecule has 0 N–H and O–H groups in total. The number of nitrogens with zero attached hydrogens (tertiary/aromatic N) is 1. The first-order valence-corrected chi connectivity index (χ1v) is 6.82. The van der Waals surface area contributed by atoms with Crippen molar-refractivity contribution in [3.8, 4) is 0 Å². The van der Waals surface area contributed by atoms with E-state index in [9.17, 15) is 8.42 Å². The molecule has 1 heterocycles. The highest BCUT2D eigenvalue weighted by molar-refractivity contribution is 7.89. The Labute approximate surface area is 87.5 Å². The van der Waals surface area contributed by atoms with E-state index in [4.69, 9.17) is 0 Å². The van der Waals surface area contributed by atoms with Gasteiger partial charge in [-0.2, -0.15) is 0 Å². The zero-order chi connectivity index (χ0) is 11.0. The van der Waals surface area contributed by atoms with E-state index < -0.39 is 10.0 Å². The van der Waals surface area contributed by atoms with Crippen molar-refractivity contribution in [3.63, 3.8) is 0 Å². The fraction of sp³-hybridized carbons (Fsp3) is 1.00. The van der Waals surface area contributed by atoms with Gasteiger partial charge in [0.05, 0.1) is 5.75 Å². The van der Waals surface area contributed by atoms with E-state index in [1.54, 1.807) is 4.31 Å². The van der Waals surface area contributed by atoms with E-state index in [1.807, 2.05) is 0 Å². The molecule has 0 bridgehead atoms. The Morgan fingerprint density at radius 2 is 1.93 bits per heavy atom. The van der Waals surface area contributed by atoms with Crippen molar-refractivity contribution >= 4 is 10.0 Å². The van der Waals surface area contributed by atoms with Gasteiger partial charge in [-0.05, 0) is 17.8 Å². The molecule has 84 valence electrons. The quantitative estimate of drug-likeness (QED) is 0.709. The zero-order valence-electron chi connectivity index (χ0n) is 9.58. The molecule has 1 aliphatic heterocycles. The van der Waals surface area contributed by atoms with Crippen LogP contribution in [0.5, 0.6) is 0 Å². The lowest BCUT2D eigenvalue weighted by molar-refractivity contribution is 0.218. The number of hydrogen-bond acceptors (Lipinski definition) is 2. The summed E-state index contributed by atoms with van der Waals surface area (Å²) in [6.07, 6.45) is 0.782. The minimum absolute atomic E-state index is 0.139. The van der Waals surface area contributed by atoms with E-state index in [-0.39, 0.29) is 5.41 Å². The molecule has 0 saturated carbocycles. The Morgan fingerprint density at radius 1 is 1.36 bits per heavy atom. The highest BCUT2D eigenvalue weighted by Gasteiger charge is 2.35. The van der Waals surface area contributed by atoms with Gasteiger partial charge >= 0.3 is 0 Å². The lowest BCUT2D eigenvalue weighted by Crippen LogP contribution is -2.47. The molecule has 0 radical (unpaired) electrons. The van der Waals surface area contributed by atoms with Crippen LogP contribution in [0.1, 0.15) is 34.1 Å². The van der Waals surface area contributed by atoms with Crippen molar-refractivity contribution in [2.45, 2.75) is 34.1 Å². The molecule has 0 aromatic rings.